The molecule has 33 heavy (non-hydrogen) atoms. The number of carbonyl (C=O) groups excluding carboxylic acids is 2. The first-order valence-corrected chi connectivity index (χ1v) is 10.4. The molecule has 0 unspecified atom stereocenters. The van der Waals surface area contributed by atoms with Crippen molar-refractivity contribution >= 4 is 39.2 Å². The number of rotatable bonds is 6. The highest BCUT2D eigenvalue weighted by Crippen LogP contribution is 2.25. The molecule has 0 saturated heterocycles. The van der Waals surface area contributed by atoms with Crippen LogP contribution in [0.2, 0.25) is 0 Å². The summed E-state index contributed by atoms with van der Waals surface area (Å²) in [6, 6.07) is 18.1. The van der Waals surface area contributed by atoms with Crippen LogP contribution in [0.15, 0.2) is 85.5 Å². The Morgan fingerprint density at radius 3 is 2.64 bits per heavy atom. The number of methoxy groups -OCH3 is 1. The maximum atomic E-state index is 13.2. The second-order valence-electron chi connectivity index (χ2n) is 7.54. The van der Waals surface area contributed by atoms with Gasteiger partial charge in [0.25, 0.3) is 0 Å². The summed E-state index contributed by atoms with van der Waals surface area (Å²) in [5, 5.41) is 4.57. The molecule has 0 saturated carbocycles. The molecule has 5 aromatic rings. The van der Waals surface area contributed by atoms with Crippen molar-refractivity contribution in [2.45, 2.75) is 6.54 Å². The van der Waals surface area contributed by atoms with E-state index in [0.717, 1.165) is 16.3 Å². The number of amides is 1. The molecule has 0 fully saturated rings. The first-order valence-electron chi connectivity index (χ1n) is 10.4. The highest BCUT2D eigenvalue weighted by Gasteiger charge is 2.18. The molecule has 3 heterocycles. The van der Waals surface area contributed by atoms with Gasteiger partial charge in [0, 0.05) is 40.5 Å². The third kappa shape index (κ3) is 3.92. The molecule has 0 aliphatic heterocycles. The molecule has 5 rings (SSSR count). The number of hydrogen-bond acceptors (Lipinski definition) is 5. The zero-order valence-corrected chi connectivity index (χ0v) is 17.9. The van der Waals surface area contributed by atoms with Gasteiger partial charge in [-0.15, -0.1) is 0 Å². The summed E-state index contributed by atoms with van der Waals surface area (Å²) < 4.78 is 6.92. The van der Waals surface area contributed by atoms with Crippen molar-refractivity contribution in [3.8, 4) is 5.75 Å². The predicted molar refractivity (Wildman–Crippen MR) is 127 cm³/mol. The first-order chi connectivity index (χ1) is 16.1. The monoisotopic (exact) mass is 436 g/mol. The number of carbonyl (C=O) groups is 2. The number of pyridine rings is 2. The molecule has 3 aromatic heterocycles. The second kappa shape index (κ2) is 8.55. The molecule has 7 nitrogen and oxygen atoms in total. The third-order valence-corrected chi connectivity index (χ3v) is 5.52. The molecular weight excluding hydrogens is 416 g/mol. The van der Waals surface area contributed by atoms with Gasteiger partial charge in [-0.05, 0) is 54.6 Å². The zero-order valence-electron chi connectivity index (χ0n) is 17.9. The van der Waals surface area contributed by atoms with Crippen molar-refractivity contribution in [3.05, 3.63) is 96.6 Å². The summed E-state index contributed by atoms with van der Waals surface area (Å²) >= 11 is 0. The number of nitrogens with zero attached hydrogens (tertiary/aromatic N) is 3. The number of aromatic nitrogens is 3. The number of benzene rings is 2. The smallest absolute Gasteiger partial charge is 0.244 e. The van der Waals surface area contributed by atoms with Crippen LogP contribution < -0.4 is 10.1 Å². The van der Waals surface area contributed by atoms with Crippen LogP contribution in [0.3, 0.4) is 0 Å². The van der Waals surface area contributed by atoms with E-state index in [2.05, 4.69) is 15.3 Å². The number of nitrogens with one attached hydrogen (secondary N) is 1. The summed E-state index contributed by atoms with van der Waals surface area (Å²) in [6.07, 6.45) is 6.73. The third-order valence-electron chi connectivity index (χ3n) is 5.52. The van der Waals surface area contributed by atoms with Crippen LogP contribution in [0.5, 0.6) is 5.75 Å². The average Bonchev–Trinajstić information content (AvgIpc) is 3.22. The molecule has 1 N–H and O–H groups in total. The Morgan fingerprint density at radius 2 is 1.82 bits per heavy atom. The van der Waals surface area contributed by atoms with E-state index in [-0.39, 0.29) is 18.2 Å². The number of hydrogen-bond donors (Lipinski definition) is 1. The molecule has 0 atom stereocenters. The van der Waals surface area contributed by atoms with Crippen molar-refractivity contribution in [2.24, 2.45) is 0 Å². The molecule has 1 amide bonds. The standard InChI is InChI=1S/C26H20N4O3/c1-33-18-9-7-17(8-10-18)26(32)21-15-30(24-14-27-13-11-19(21)24)16-25(31)29-23-6-2-5-22-20(23)4-3-12-28-22/h2-15H,16H2,1H3,(H,29,31). The molecule has 2 aromatic carbocycles. The summed E-state index contributed by atoms with van der Waals surface area (Å²) in [5.41, 5.74) is 3.26. The molecule has 162 valence electrons. The van der Waals surface area contributed by atoms with E-state index in [1.54, 1.807) is 66.8 Å². The molecule has 0 aliphatic carbocycles. The van der Waals surface area contributed by atoms with E-state index in [1.807, 2.05) is 30.3 Å². The van der Waals surface area contributed by atoms with Gasteiger partial charge in [-0.3, -0.25) is 19.6 Å². The van der Waals surface area contributed by atoms with Gasteiger partial charge in [-0.25, -0.2) is 0 Å². The lowest BCUT2D eigenvalue weighted by atomic mass is 10.0. The van der Waals surface area contributed by atoms with Crippen LogP contribution in [0.1, 0.15) is 15.9 Å². The van der Waals surface area contributed by atoms with E-state index >= 15 is 0 Å². The second-order valence-corrected chi connectivity index (χ2v) is 7.54. The molecule has 0 radical (unpaired) electrons. The number of fused-ring (bicyclic) bond motifs is 2. The van der Waals surface area contributed by atoms with Gasteiger partial charge in [0.05, 0.1) is 30.0 Å². The van der Waals surface area contributed by atoms with Crippen molar-refractivity contribution in [1.29, 1.82) is 0 Å². The van der Waals surface area contributed by atoms with E-state index < -0.39 is 0 Å². The Kier molecular flexibility index (Phi) is 5.28. The van der Waals surface area contributed by atoms with Crippen LogP contribution in [-0.4, -0.2) is 33.3 Å². The molecule has 0 spiro atoms. The van der Waals surface area contributed by atoms with Crippen LogP contribution in [0.25, 0.3) is 21.8 Å². The van der Waals surface area contributed by atoms with E-state index in [9.17, 15) is 9.59 Å². The van der Waals surface area contributed by atoms with Crippen LogP contribution in [0.4, 0.5) is 5.69 Å². The lowest BCUT2D eigenvalue weighted by Gasteiger charge is -2.09. The Hall–Kier alpha value is -4.52. The molecule has 0 bridgehead atoms. The summed E-state index contributed by atoms with van der Waals surface area (Å²) in [6.45, 7) is 0.0364. The van der Waals surface area contributed by atoms with Gasteiger partial charge in [0.2, 0.25) is 5.91 Å². The molecular formula is C26H20N4O3. The van der Waals surface area contributed by atoms with Gasteiger partial charge in [0.1, 0.15) is 12.3 Å². The van der Waals surface area contributed by atoms with Crippen LogP contribution in [0, 0.1) is 0 Å². The Balaban J connectivity index is 1.45. The highest BCUT2D eigenvalue weighted by atomic mass is 16.5. The Bertz CT molecular complexity index is 1480. The first kappa shape index (κ1) is 20.4. The Morgan fingerprint density at radius 1 is 0.970 bits per heavy atom. The lowest BCUT2D eigenvalue weighted by molar-refractivity contribution is -0.116. The van der Waals surface area contributed by atoms with Gasteiger partial charge in [-0.1, -0.05) is 6.07 Å². The lowest BCUT2D eigenvalue weighted by Crippen LogP contribution is -2.18. The Labute approximate surface area is 189 Å². The minimum absolute atomic E-state index is 0.0364. The van der Waals surface area contributed by atoms with Crippen molar-refractivity contribution in [1.82, 2.24) is 14.5 Å². The van der Waals surface area contributed by atoms with Crippen molar-refractivity contribution in [2.75, 3.05) is 12.4 Å². The van der Waals surface area contributed by atoms with E-state index in [0.29, 0.717) is 28.1 Å². The predicted octanol–water partition coefficient (Wildman–Crippen LogP) is 4.46. The normalized spacial score (nSPS) is 10.9. The number of ketones is 1. The van der Waals surface area contributed by atoms with E-state index in [1.165, 1.54) is 0 Å². The largest absolute Gasteiger partial charge is 0.497 e. The van der Waals surface area contributed by atoms with Gasteiger partial charge < -0.3 is 14.6 Å². The molecule has 7 heteroatoms. The van der Waals surface area contributed by atoms with Crippen molar-refractivity contribution in [3.63, 3.8) is 0 Å². The average molecular weight is 436 g/mol. The van der Waals surface area contributed by atoms with Crippen LogP contribution in [-0.2, 0) is 11.3 Å². The number of ether oxygens (including phenoxy) is 1. The van der Waals surface area contributed by atoms with Crippen LogP contribution >= 0.6 is 0 Å². The summed E-state index contributed by atoms with van der Waals surface area (Å²) in [5.74, 6) is 0.335. The topological polar surface area (TPSA) is 86.1 Å². The zero-order chi connectivity index (χ0) is 22.8. The van der Waals surface area contributed by atoms with Gasteiger partial charge >= 0.3 is 0 Å². The highest BCUT2D eigenvalue weighted by molar-refractivity contribution is 6.16. The molecule has 0 aliphatic rings. The number of anilines is 1. The SMILES string of the molecule is COc1ccc(C(=O)c2cn(CC(=O)Nc3cccc4ncccc34)c3cnccc23)cc1. The van der Waals surface area contributed by atoms with Crippen molar-refractivity contribution < 1.29 is 14.3 Å². The minimum Gasteiger partial charge on any atom is -0.497 e. The minimum atomic E-state index is -0.212. The van der Waals surface area contributed by atoms with E-state index in [4.69, 9.17) is 4.74 Å². The van der Waals surface area contributed by atoms with Gasteiger partial charge in [0.15, 0.2) is 5.78 Å². The van der Waals surface area contributed by atoms with Gasteiger partial charge in [-0.2, -0.15) is 0 Å². The summed E-state index contributed by atoms with van der Waals surface area (Å²) in [4.78, 5) is 34.6. The fraction of sp³-hybridized carbons (Fsp3) is 0.0769. The fourth-order valence-corrected chi connectivity index (χ4v) is 3.90. The summed E-state index contributed by atoms with van der Waals surface area (Å²) in [7, 11) is 1.58. The maximum Gasteiger partial charge on any atom is 0.244 e. The fourth-order valence-electron chi connectivity index (χ4n) is 3.90. The maximum absolute atomic E-state index is 13.2. The quantitative estimate of drug-likeness (QED) is 0.397.